The Morgan fingerprint density at radius 3 is 2.74 bits per heavy atom. The van der Waals surface area contributed by atoms with Crippen molar-refractivity contribution in [2.24, 2.45) is 5.73 Å². The summed E-state index contributed by atoms with van der Waals surface area (Å²) in [5, 5.41) is 3.84. The molecular weight excluding hydrogens is 316 g/mol. The van der Waals surface area contributed by atoms with Gasteiger partial charge in [0, 0.05) is 25.2 Å². The highest BCUT2D eigenvalue weighted by molar-refractivity contribution is 5.94. The van der Waals surface area contributed by atoms with Crippen LogP contribution >= 0.6 is 12.4 Å². The van der Waals surface area contributed by atoms with E-state index in [1.807, 2.05) is 29.2 Å². The molecule has 3 rings (SSSR count). The number of halogens is 1. The number of aryl methyl sites for hydroxylation is 1. The van der Waals surface area contributed by atoms with Gasteiger partial charge in [0.05, 0.1) is 5.92 Å². The molecule has 1 atom stereocenters. The van der Waals surface area contributed by atoms with Gasteiger partial charge < -0.3 is 15.2 Å². The second-order valence-electron chi connectivity index (χ2n) is 5.67. The molecular formula is C16H21ClN4O2. The average molecular weight is 337 g/mol. The van der Waals surface area contributed by atoms with Crippen molar-refractivity contribution >= 4 is 18.3 Å². The van der Waals surface area contributed by atoms with Crippen molar-refractivity contribution in [3.05, 3.63) is 47.1 Å². The zero-order valence-electron chi connectivity index (χ0n) is 13.1. The fraction of sp³-hybridized carbons (Fsp3) is 0.438. The van der Waals surface area contributed by atoms with Crippen molar-refractivity contribution in [1.82, 2.24) is 15.0 Å². The average Bonchev–Trinajstić information content (AvgIpc) is 3.01. The molecule has 1 saturated heterocycles. The fourth-order valence-electron chi connectivity index (χ4n) is 2.81. The van der Waals surface area contributed by atoms with Gasteiger partial charge >= 0.3 is 0 Å². The molecule has 2 aromatic rings. The summed E-state index contributed by atoms with van der Waals surface area (Å²) >= 11 is 0. The predicted molar refractivity (Wildman–Crippen MR) is 88.5 cm³/mol. The highest BCUT2D eigenvalue weighted by atomic mass is 35.5. The highest BCUT2D eigenvalue weighted by Crippen LogP contribution is 2.26. The van der Waals surface area contributed by atoms with Gasteiger partial charge in [0.1, 0.15) is 0 Å². The van der Waals surface area contributed by atoms with Crippen LogP contribution in [0.4, 0.5) is 0 Å². The number of rotatable bonds is 3. The molecule has 1 aliphatic heterocycles. The molecule has 2 N–H and O–H groups in total. The van der Waals surface area contributed by atoms with Crippen molar-refractivity contribution in [1.29, 1.82) is 0 Å². The number of piperidine rings is 1. The fourth-order valence-corrected chi connectivity index (χ4v) is 2.81. The van der Waals surface area contributed by atoms with Crippen LogP contribution in [0.5, 0.6) is 0 Å². The minimum Gasteiger partial charge on any atom is -0.339 e. The number of likely N-dealkylation sites (tertiary alicyclic amines) is 1. The second-order valence-corrected chi connectivity index (χ2v) is 5.67. The Morgan fingerprint density at radius 1 is 1.39 bits per heavy atom. The number of amides is 1. The standard InChI is InChI=1S/C16H20N4O2.ClH/c1-11-18-15(22-19-11)14-3-2-8-20(10-14)16(21)13-6-4-12(9-17)5-7-13;/h4-7,14H,2-3,8-10,17H2,1H3;1H. The van der Waals surface area contributed by atoms with Crippen LogP contribution in [0.3, 0.4) is 0 Å². The van der Waals surface area contributed by atoms with Crippen molar-refractivity contribution in [2.75, 3.05) is 13.1 Å². The van der Waals surface area contributed by atoms with E-state index < -0.39 is 0 Å². The molecule has 23 heavy (non-hydrogen) atoms. The molecule has 0 bridgehead atoms. The van der Waals surface area contributed by atoms with Crippen molar-refractivity contribution < 1.29 is 9.32 Å². The molecule has 1 unspecified atom stereocenters. The van der Waals surface area contributed by atoms with Gasteiger partial charge in [-0.05, 0) is 37.5 Å². The molecule has 124 valence electrons. The molecule has 2 heterocycles. The smallest absolute Gasteiger partial charge is 0.253 e. The normalized spacial score (nSPS) is 17.7. The summed E-state index contributed by atoms with van der Waals surface area (Å²) in [6.07, 6.45) is 1.91. The maximum absolute atomic E-state index is 12.6. The highest BCUT2D eigenvalue weighted by Gasteiger charge is 2.28. The maximum atomic E-state index is 12.6. The van der Waals surface area contributed by atoms with E-state index in [2.05, 4.69) is 10.1 Å². The third-order valence-electron chi connectivity index (χ3n) is 4.04. The van der Waals surface area contributed by atoms with Gasteiger partial charge in [-0.2, -0.15) is 4.98 Å². The largest absolute Gasteiger partial charge is 0.339 e. The molecule has 7 heteroatoms. The Bertz CT molecular complexity index is 656. The van der Waals surface area contributed by atoms with E-state index >= 15 is 0 Å². The SMILES string of the molecule is Cc1noc(C2CCCN(C(=O)c3ccc(CN)cc3)C2)n1.Cl. The Kier molecular flexibility index (Phi) is 5.74. The summed E-state index contributed by atoms with van der Waals surface area (Å²) in [6, 6.07) is 7.47. The molecule has 1 amide bonds. The van der Waals surface area contributed by atoms with Gasteiger partial charge in [-0.1, -0.05) is 17.3 Å². The first-order valence-corrected chi connectivity index (χ1v) is 7.56. The van der Waals surface area contributed by atoms with Crippen LogP contribution in [-0.4, -0.2) is 34.0 Å². The summed E-state index contributed by atoms with van der Waals surface area (Å²) in [7, 11) is 0. The molecule has 0 radical (unpaired) electrons. The van der Waals surface area contributed by atoms with Gasteiger partial charge in [0.25, 0.3) is 5.91 Å². The van der Waals surface area contributed by atoms with Gasteiger partial charge in [-0.3, -0.25) is 4.79 Å². The summed E-state index contributed by atoms with van der Waals surface area (Å²) in [5.74, 6) is 1.44. The number of nitrogens with two attached hydrogens (primary N) is 1. The monoisotopic (exact) mass is 336 g/mol. The molecule has 6 nitrogen and oxygen atoms in total. The number of carbonyl (C=O) groups is 1. The van der Waals surface area contributed by atoms with Crippen LogP contribution in [0.25, 0.3) is 0 Å². The minimum atomic E-state index is 0. The van der Waals surface area contributed by atoms with Gasteiger partial charge in [-0.15, -0.1) is 12.4 Å². The number of carbonyl (C=O) groups excluding carboxylic acids is 1. The van der Waals surface area contributed by atoms with E-state index in [4.69, 9.17) is 10.3 Å². The van der Waals surface area contributed by atoms with E-state index in [1.54, 1.807) is 6.92 Å². The predicted octanol–water partition coefficient (Wildman–Crippen LogP) is 2.28. The minimum absolute atomic E-state index is 0. The quantitative estimate of drug-likeness (QED) is 0.929. The topological polar surface area (TPSA) is 85.2 Å². The summed E-state index contributed by atoms with van der Waals surface area (Å²) in [6.45, 7) is 3.68. The second kappa shape index (κ2) is 7.57. The van der Waals surface area contributed by atoms with Crippen molar-refractivity contribution in [2.45, 2.75) is 32.2 Å². The van der Waals surface area contributed by atoms with Crippen LogP contribution < -0.4 is 5.73 Å². The van der Waals surface area contributed by atoms with Crippen molar-refractivity contribution in [3.63, 3.8) is 0 Å². The summed E-state index contributed by atoms with van der Waals surface area (Å²) < 4.78 is 5.25. The number of nitrogens with zero attached hydrogens (tertiary/aromatic N) is 3. The van der Waals surface area contributed by atoms with E-state index in [0.29, 0.717) is 30.4 Å². The Labute approximate surface area is 141 Å². The molecule has 0 spiro atoms. The molecule has 1 fully saturated rings. The van der Waals surface area contributed by atoms with Crippen LogP contribution in [0.1, 0.15) is 46.4 Å². The maximum Gasteiger partial charge on any atom is 0.253 e. The molecule has 0 aliphatic carbocycles. The lowest BCUT2D eigenvalue weighted by molar-refractivity contribution is 0.0695. The zero-order valence-corrected chi connectivity index (χ0v) is 13.9. The summed E-state index contributed by atoms with van der Waals surface area (Å²) in [4.78, 5) is 18.8. The summed E-state index contributed by atoms with van der Waals surface area (Å²) in [5.41, 5.74) is 7.30. The van der Waals surface area contributed by atoms with Gasteiger partial charge in [0.15, 0.2) is 5.82 Å². The number of hydrogen-bond acceptors (Lipinski definition) is 5. The van der Waals surface area contributed by atoms with Gasteiger partial charge in [0.2, 0.25) is 5.89 Å². The Morgan fingerprint density at radius 2 is 2.13 bits per heavy atom. The third-order valence-corrected chi connectivity index (χ3v) is 4.04. The van der Waals surface area contributed by atoms with Crippen LogP contribution in [0.15, 0.2) is 28.8 Å². The van der Waals surface area contributed by atoms with E-state index in [9.17, 15) is 4.79 Å². The Hall–Kier alpha value is -1.92. The molecule has 0 saturated carbocycles. The molecule has 1 aromatic heterocycles. The first kappa shape index (κ1) is 17.4. The first-order chi connectivity index (χ1) is 10.7. The molecule has 1 aliphatic rings. The van der Waals surface area contributed by atoms with Crippen LogP contribution in [-0.2, 0) is 6.54 Å². The lowest BCUT2D eigenvalue weighted by atomic mass is 9.97. The zero-order chi connectivity index (χ0) is 15.5. The number of aromatic nitrogens is 2. The number of hydrogen-bond donors (Lipinski definition) is 1. The van der Waals surface area contributed by atoms with Gasteiger partial charge in [-0.25, -0.2) is 0 Å². The van der Waals surface area contributed by atoms with Crippen LogP contribution in [0.2, 0.25) is 0 Å². The van der Waals surface area contributed by atoms with Crippen LogP contribution in [0, 0.1) is 6.92 Å². The van der Waals surface area contributed by atoms with E-state index in [1.165, 1.54) is 0 Å². The third kappa shape index (κ3) is 3.89. The van der Waals surface area contributed by atoms with E-state index in [-0.39, 0.29) is 24.2 Å². The lowest BCUT2D eigenvalue weighted by Crippen LogP contribution is -2.39. The number of benzene rings is 1. The first-order valence-electron chi connectivity index (χ1n) is 7.56. The lowest BCUT2D eigenvalue weighted by Gasteiger charge is -2.31. The Balaban J connectivity index is 0.00000192. The van der Waals surface area contributed by atoms with E-state index in [0.717, 1.165) is 24.9 Å². The molecule has 1 aromatic carbocycles. The van der Waals surface area contributed by atoms with Crippen molar-refractivity contribution in [3.8, 4) is 0 Å².